The SMILES string of the molecule is CC1(C)C[C@@H](Nc2nnc(-c3ccc(C(F)(F)F)cc3O)c3ccncc23)CCO1. The van der Waals surface area contributed by atoms with Gasteiger partial charge < -0.3 is 15.2 Å². The molecule has 158 valence electrons. The van der Waals surface area contributed by atoms with Crippen molar-refractivity contribution in [2.75, 3.05) is 11.9 Å². The van der Waals surface area contributed by atoms with E-state index in [2.05, 4.69) is 20.5 Å². The maximum Gasteiger partial charge on any atom is 0.416 e. The monoisotopic (exact) mass is 418 g/mol. The Hall–Kier alpha value is -2.94. The zero-order chi connectivity index (χ0) is 21.5. The third-order valence-electron chi connectivity index (χ3n) is 5.20. The molecule has 1 atom stereocenters. The molecule has 2 N–H and O–H groups in total. The highest BCUT2D eigenvalue weighted by molar-refractivity contribution is 6.00. The van der Waals surface area contributed by atoms with E-state index in [-0.39, 0.29) is 22.9 Å². The number of hydrogen-bond donors (Lipinski definition) is 2. The molecule has 0 radical (unpaired) electrons. The summed E-state index contributed by atoms with van der Waals surface area (Å²) in [5.74, 6) is 0.0278. The maximum atomic E-state index is 12.9. The number of fused-ring (bicyclic) bond motifs is 1. The van der Waals surface area contributed by atoms with Gasteiger partial charge in [-0.25, -0.2) is 0 Å². The summed E-state index contributed by atoms with van der Waals surface area (Å²) in [7, 11) is 0. The smallest absolute Gasteiger partial charge is 0.416 e. The molecule has 1 fully saturated rings. The average molecular weight is 418 g/mol. The molecule has 30 heavy (non-hydrogen) atoms. The molecule has 1 saturated heterocycles. The van der Waals surface area contributed by atoms with Crippen LogP contribution in [0.3, 0.4) is 0 Å². The van der Waals surface area contributed by atoms with Crippen LogP contribution in [0.15, 0.2) is 36.7 Å². The number of phenolic OH excluding ortho intramolecular Hbond substituents is 1. The van der Waals surface area contributed by atoms with Gasteiger partial charge in [0, 0.05) is 41.4 Å². The van der Waals surface area contributed by atoms with E-state index >= 15 is 0 Å². The van der Waals surface area contributed by atoms with Gasteiger partial charge in [-0.2, -0.15) is 13.2 Å². The Kier molecular flexibility index (Phi) is 5.01. The summed E-state index contributed by atoms with van der Waals surface area (Å²) in [5, 5.41) is 23.4. The number of nitrogens with one attached hydrogen (secondary N) is 1. The first-order valence-electron chi connectivity index (χ1n) is 9.55. The highest BCUT2D eigenvalue weighted by atomic mass is 19.4. The Morgan fingerprint density at radius 3 is 2.67 bits per heavy atom. The van der Waals surface area contributed by atoms with Crippen LogP contribution in [0.5, 0.6) is 5.75 Å². The van der Waals surface area contributed by atoms with Crippen molar-refractivity contribution in [3.8, 4) is 17.0 Å². The van der Waals surface area contributed by atoms with Crippen LogP contribution in [0, 0.1) is 0 Å². The van der Waals surface area contributed by atoms with E-state index in [0.29, 0.717) is 29.3 Å². The molecule has 3 heterocycles. The fourth-order valence-corrected chi connectivity index (χ4v) is 3.76. The number of aromatic nitrogens is 3. The van der Waals surface area contributed by atoms with E-state index in [1.807, 2.05) is 13.8 Å². The van der Waals surface area contributed by atoms with Gasteiger partial charge in [-0.05, 0) is 51.0 Å². The van der Waals surface area contributed by atoms with E-state index in [0.717, 1.165) is 18.9 Å². The standard InChI is InChI=1S/C21H21F3N4O2/c1-20(2)10-13(6-8-30-20)26-19-16-11-25-7-5-14(16)18(27-28-19)15-4-3-12(9-17(15)29)21(22,23)24/h3-5,7,9,11,13,29H,6,8,10H2,1-2H3,(H,26,28)/t13-/m0/s1. The first-order chi connectivity index (χ1) is 14.1. The summed E-state index contributed by atoms with van der Waals surface area (Å²) in [6.07, 6.45) is 0.253. The Balaban J connectivity index is 1.73. The minimum atomic E-state index is -4.54. The molecule has 0 spiro atoms. The predicted molar refractivity (Wildman–Crippen MR) is 106 cm³/mol. The number of hydrogen-bond acceptors (Lipinski definition) is 6. The fourth-order valence-electron chi connectivity index (χ4n) is 3.76. The van der Waals surface area contributed by atoms with Crippen molar-refractivity contribution in [3.63, 3.8) is 0 Å². The molecule has 0 amide bonds. The summed E-state index contributed by atoms with van der Waals surface area (Å²) in [6, 6.07) is 4.66. The van der Waals surface area contributed by atoms with Gasteiger partial charge in [0.1, 0.15) is 11.4 Å². The van der Waals surface area contributed by atoms with Crippen LogP contribution in [-0.2, 0) is 10.9 Å². The lowest BCUT2D eigenvalue weighted by Crippen LogP contribution is -2.40. The lowest BCUT2D eigenvalue weighted by Gasteiger charge is -2.36. The number of ether oxygens (including phenoxy) is 1. The van der Waals surface area contributed by atoms with Gasteiger partial charge in [-0.3, -0.25) is 4.98 Å². The van der Waals surface area contributed by atoms with Gasteiger partial charge in [0.25, 0.3) is 0 Å². The first kappa shape index (κ1) is 20.3. The van der Waals surface area contributed by atoms with Crippen LogP contribution in [0.25, 0.3) is 22.0 Å². The van der Waals surface area contributed by atoms with Crippen molar-refractivity contribution in [3.05, 3.63) is 42.2 Å². The number of phenols is 1. The van der Waals surface area contributed by atoms with Crippen LogP contribution in [0.2, 0.25) is 0 Å². The second kappa shape index (κ2) is 7.39. The van der Waals surface area contributed by atoms with Crippen molar-refractivity contribution < 1.29 is 23.0 Å². The van der Waals surface area contributed by atoms with Crippen molar-refractivity contribution >= 4 is 16.6 Å². The van der Waals surface area contributed by atoms with Crippen molar-refractivity contribution in [2.24, 2.45) is 0 Å². The van der Waals surface area contributed by atoms with Crippen LogP contribution in [-0.4, -0.2) is 38.5 Å². The molecule has 0 unspecified atom stereocenters. The number of benzene rings is 1. The number of halogens is 3. The van der Waals surface area contributed by atoms with Gasteiger partial charge in [0.15, 0.2) is 5.82 Å². The highest BCUT2D eigenvalue weighted by Crippen LogP contribution is 2.38. The lowest BCUT2D eigenvalue weighted by molar-refractivity contribution is -0.137. The zero-order valence-corrected chi connectivity index (χ0v) is 16.5. The molecule has 3 aromatic rings. The fraction of sp³-hybridized carbons (Fsp3) is 0.381. The Bertz CT molecular complexity index is 1090. The number of aromatic hydroxyl groups is 1. The molecular weight excluding hydrogens is 397 g/mol. The van der Waals surface area contributed by atoms with Gasteiger partial charge in [-0.1, -0.05) is 0 Å². The highest BCUT2D eigenvalue weighted by Gasteiger charge is 2.32. The van der Waals surface area contributed by atoms with Gasteiger partial charge in [0.05, 0.1) is 11.2 Å². The van der Waals surface area contributed by atoms with Gasteiger partial charge in [-0.15, -0.1) is 10.2 Å². The number of nitrogens with zero attached hydrogens (tertiary/aromatic N) is 3. The normalized spacial score (nSPS) is 19.0. The molecule has 0 bridgehead atoms. The summed E-state index contributed by atoms with van der Waals surface area (Å²) in [5.41, 5.74) is -0.714. The van der Waals surface area contributed by atoms with Crippen LogP contribution >= 0.6 is 0 Å². The van der Waals surface area contributed by atoms with E-state index in [1.54, 1.807) is 18.5 Å². The summed E-state index contributed by atoms with van der Waals surface area (Å²) in [6.45, 7) is 4.69. The topological polar surface area (TPSA) is 80.2 Å². The van der Waals surface area contributed by atoms with E-state index in [1.165, 1.54) is 6.07 Å². The summed E-state index contributed by atoms with van der Waals surface area (Å²) in [4.78, 5) is 4.16. The molecule has 2 aromatic heterocycles. The third kappa shape index (κ3) is 4.02. The second-order valence-corrected chi connectivity index (χ2v) is 7.99. The van der Waals surface area contributed by atoms with Crippen molar-refractivity contribution in [1.82, 2.24) is 15.2 Å². The van der Waals surface area contributed by atoms with Crippen LogP contribution in [0.1, 0.15) is 32.3 Å². The number of alkyl halides is 3. The Morgan fingerprint density at radius 2 is 1.97 bits per heavy atom. The molecule has 0 saturated carbocycles. The molecule has 4 rings (SSSR count). The molecule has 1 aliphatic heterocycles. The molecule has 1 aromatic carbocycles. The minimum Gasteiger partial charge on any atom is -0.507 e. The van der Waals surface area contributed by atoms with Crippen molar-refractivity contribution in [2.45, 2.75) is 44.5 Å². The second-order valence-electron chi connectivity index (χ2n) is 7.99. The zero-order valence-electron chi connectivity index (χ0n) is 16.5. The number of rotatable bonds is 3. The first-order valence-corrected chi connectivity index (χ1v) is 9.55. The minimum absolute atomic E-state index is 0.136. The van der Waals surface area contributed by atoms with Crippen molar-refractivity contribution in [1.29, 1.82) is 0 Å². The molecule has 6 nitrogen and oxygen atoms in total. The maximum absolute atomic E-state index is 12.9. The third-order valence-corrected chi connectivity index (χ3v) is 5.20. The lowest BCUT2D eigenvalue weighted by atomic mass is 9.94. The van der Waals surface area contributed by atoms with Crippen LogP contribution < -0.4 is 5.32 Å². The van der Waals surface area contributed by atoms with Crippen LogP contribution in [0.4, 0.5) is 19.0 Å². The van der Waals surface area contributed by atoms with E-state index in [4.69, 9.17) is 4.74 Å². The van der Waals surface area contributed by atoms with E-state index in [9.17, 15) is 18.3 Å². The Labute approximate surface area is 171 Å². The molecule has 0 aliphatic carbocycles. The molecule has 1 aliphatic rings. The average Bonchev–Trinajstić information content (AvgIpc) is 2.67. The summed E-state index contributed by atoms with van der Waals surface area (Å²) >= 11 is 0. The van der Waals surface area contributed by atoms with Gasteiger partial charge in [0.2, 0.25) is 0 Å². The quantitative estimate of drug-likeness (QED) is 0.637. The molecular formula is C21H21F3N4O2. The number of pyridine rings is 1. The number of anilines is 1. The molecule has 9 heteroatoms. The van der Waals surface area contributed by atoms with Gasteiger partial charge >= 0.3 is 6.18 Å². The predicted octanol–water partition coefficient (Wildman–Crippen LogP) is 4.79. The summed E-state index contributed by atoms with van der Waals surface area (Å²) < 4.78 is 44.5. The largest absolute Gasteiger partial charge is 0.507 e. The van der Waals surface area contributed by atoms with E-state index < -0.39 is 17.5 Å². The Morgan fingerprint density at radius 1 is 1.17 bits per heavy atom.